The van der Waals surface area contributed by atoms with Gasteiger partial charge in [0.25, 0.3) is 11.7 Å². The molecular formula is C12H15F3N4O3. The summed E-state index contributed by atoms with van der Waals surface area (Å²) in [6, 6.07) is -0.718. The average Bonchev–Trinajstić information content (AvgIpc) is 2.82. The van der Waals surface area contributed by atoms with Gasteiger partial charge < -0.3 is 10.1 Å². The van der Waals surface area contributed by atoms with Gasteiger partial charge in [0.2, 0.25) is 5.95 Å². The summed E-state index contributed by atoms with van der Waals surface area (Å²) in [7, 11) is 0. The van der Waals surface area contributed by atoms with E-state index in [2.05, 4.69) is 15.4 Å². The van der Waals surface area contributed by atoms with Gasteiger partial charge in [-0.05, 0) is 12.8 Å². The van der Waals surface area contributed by atoms with Gasteiger partial charge in [-0.3, -0.25) is 9.59 Å². The van der Waals surface area contributed by atoms with E-state index in [1.54, 1.807) is 20.8 Å². The normalized spacial score (nSPS) is 21.5. The standard InChI is InChI=1S/C12H15F3N4O3/c1-4-22-9(21)6-7(5(2)3)16-11-17-10(12(13,14)15)18-19(11)8(6)20/h5-7H,4H2,1-3H3,(H,16,17,18)/t6-,7+/m1/s1. The van der Waals surface area contributed by atoms with Gasteiger partial charge in [0, 0.05) is 0 Å². The average molecular weight is 320 g/mol. The Hall–Kier alpha value is -2.13. The third-order valence-corrected chi connectivity index (χ3v) is 3.25. The molecule has 0 amide bonds. The first-order chi connectivity index (χ1) is 10.2. The van der Waals surface area contributed by atoms with Crippen LogP contribution >= 0.6 is 0 Å². The zero-order chi connectivity index (χ0) is 16.7. The van der Waals surface area contributed by atoms with E-state index in [1.807, 2.05) is 0 Å². The van der Waals surface area contributed by atoms with Gasteiger partial charge in [0.1, 0.15) is 0 Å². The Morgan fingerprint density at radius 3 is 2.59 bits per heavy atom. The number of carbonyl (C=O) groups excluding carboxylic acids is 2. The summed E-state index contributed by atoms with van der Waals surface area (Å²) in [5.41, 5.74) is 0. The van der Waals surface area contributed by atoms with Gasteiger partial charge in [-0.2, -0.15) is 22.8 Å². The number of nitrogens with one attached hydrogen (secondary N) is 1. The van der Waals surface area contributed by atoms with Gasteiger partial charge in [-0.25, -0.2) is 0 Å². The first-order valence-electron chi connectivity index (χ1n) is 6.68. The van der Waals surface area contributed by atoms with Crippen molar-refractivity contribution in [3.05, 3.63) is 5.82 Å². The van der Waals surface area contributed by atoms with Crippen LogP contribution in [0.5, 0.6) is 0 Å². The number of aromatic nitrogens is 3. The zero-order valence-corrected chi connectivity index (χ0v) is 12.1. The molecule has 1 aliphatic heterocycles. The van der Waals surface area contributed by atoms with Crippen molar-refractivity contribution in [2.75, 3.05) is 11.9 Å². The lowest BCUT2D eigenvalue weighted by Gasteiger charge is -2.32. The Labute approximate surface area is 123 Å². The van der Waals surface area contributed by atoms with Crippen molar-refractivity contribution in [2.45, 2.75) is 33.0 Å². The van der Waals surface area contributed by atoms with Crippen LogP contribution in [0, 0.1) is 11.8 Å². The molecule has 10 heteroatoms. The van der Waals surface area contributed by atoms with Gasteiger partial charge in [-0.15, -0.1) is 5.10 Å². The summed E-state index contributed by atoms with van der Waals surface area (Å²) in [5, 5.41) is 5.83. The minimum atomic E-state index is -4.78. The molecule has 0 bridgehead atoms. The molecule has 0 aromatic carbocycles. The van der Waals surface area contributed by atoms with Crippen molar-refractivity contribution < 1.29 is 27.5 Å². The van der Waals surface area contributed by atoms with Gasteiger partial charge >= 0.3 is 12.1 Å². The van der Waals surface area contributed by atoms with Crippen molar-refractivity contribution >= 4 is 17.8 Å². The molecule has 122 valence electrons. The molecule has 7 nitrogen and oxygen atoms in total. The van der Waals surface area contributed by atoms with Crippen molar-refractivity contribution in [3.8, 4) is 0 Å². The predicted molar refractivity (Wildman–Crippen MR) is 68.0 cm³/mol. The quantitative estimate of drug-likeness (QED) is 0.672. The zero-order valence-electron chi connectivity index (χ0n) is 12.1. The van der Waals surface area contributed by atoms with E-state index in [-0.39, 0.29) is 18.5 Å². The van der Waals surface area contributed by atoms with Crippen LogP contribution in [0.15, 0.2) is 0 Å². The maximum Gasteiger partial charge on any atom is 0.453 e. The second kappa shape index (κ2) is 5.58. The summed E-state index contributed by atoms with van der Waals surface area (Å²) in [4.78, 5) is 27.6. The summed E-state index contributed by atoms with van der Waals surface area (Å²) < 4.78 is 43.3. The highest BCUT2D eigenvalue weighted by Gasteiger charge is 2.46. The molecule has 1 aromatic rings. The Balaban J connectivity index is 2.44. The minimum Gasteiger partial charge on any atom is -0.465 e. The second-order valence-corrected chi connectivity index (χ2v) is 5.15. The molecule has 0 saturated heterocycles. The maximum atomic E-state index is 12.7. The first kappa shape index (κ1) is 16.2. The molecular weight excluding hydrogens is 305 g/mol. The van der Waals surface area contributed by atoms with Crippen molar-refractivity contribution in [1.29, 1.82) is 0 Å². The largest absolute Gasteiger partial charge is 0.465 e. The molecule has 0 radical (unpaired) electrons. The van der Waals surface area contributed by atoms with Crippen LogP contribution in [0.2, 0.25) is 0 Å². The van der Waals surface area contributed by atoms with Crippen molar-refractivity contribution in [2.24, 2.45) is 11.8 Å². The third-order valence-electron chi connectivity index (χ3n) is 3.25. The number of rotatable bonds is 3. The topological polar surface area (TPSA) is 86.1 Å². The summed E-state index contributed by atoms with van der Waals surface area (Å²) in [6.07, 6.45) is -4.78. The van der Waals surface area contributed by atoms with Crippen LogP contribution in [0.4, 0.5) is 19.1 Å². The lowest BCUT2D eigenvalue weighted by Crippen LogP contribution is -2.50. The number of hydrogen-bond donors (Lipinski definition) is 1. The molecule has 1 N–H and O–H groups in total. The Kier molecular flexibility index (Phi) is 4.12. The molecule has 0 fully saturated rings. The van der Waals surface area contributed by atoms with Crippen LogP contribution < -0.4 is 5.32 Å². The fourth-order valence-electron chi connectivity index (χ4n) is 2.23. The van der Waals surface area contributed by atoms with E-state index in [1.165, 1.54) is 0 Å². The predicted octanol–water partition coefficient (Wildman–Crippen LogP) is 1.57. The van der Waals surface area contributed by atoms with E-state index < -0.39 is 35.8 Å². The highest BCUT2D eigenvalue weighted by Crippen LogP contribution is 2.31. The third kappa shape index (κ3) is 2.77. The molecule has 0 aliphatic carbocycles. The van der Waals surface area contributed by atoms with Crippen LogP contribution in [0.25, 0.3) is 0 Å². The molecule has 22 heavy (non-hydrogen) atoms. The summed E-state index contributed by atoms with van der Waals surface area (Å²) in [5.74, 6) is -4.91. The van der Waals surface area contributed by atoms with Crippen molar-refractivity contribution in [1.82, 2.24) is 14.8 Å². The molecule has 1 aliphatic rings. The van der Waals surface area contributed by atoms with Gasteiger partial charge in [0.05, 0.1) is 12.6 Å². The van der Waals surface area contributed by atoms with Gasteiger partial charge in [-0.1, -0.05) is 13.8 Å². The Bertz CT molecular complexity index is 597. The Morgan fingerprint density at radius 2 is 2.09 bits per heavy atom. The Morgan fingerprint density at radius 1 is 1.45 bits per heavy atom. The number of alkyl halides is 3. The highest BCUT2D eigenvalue weighted by atomic mass is 19.4. The molecule has 2 heterocycles. The molecule has 0 spiro atoms. The lowest BCUT2D eigenvalue weighted by atomic mass is 9.88. The monoisotopic (exact) mass is 320 g/mol. The van der Waals surface area contributed by atoms with Crippen LogP contribution in [0.3, 0.4) is 0 Å². The fraction of sp³-hybridized carbons (Fsp3) is 0.667. The molecule has 0 saturated carbocycles. The smallest absolute Gasteiger partial charge is 0.453 e. The number of ether oxygens (including phenoxy) is 1. The number of nitrogens with zero attached hydrogens (tertiary/aromatic N) is 3. The second-order valence-electron chi connectivity index (χ2n) is 5.15. The lowest BCUT2D eigenvalue weighted by molar-refractivity contribution is -0.147. The van der Waals surface area contributed by atoms with Gasteiger partial charge in [0.15, 0.2) is 5.92 Å². The fourth-order valence-corrected chi connectivity index (χ4v) is 2.23. The number of fused-ring (bicyclic) bond motifs is 1. The van der Waals surface area contributed by atoms with E-state index in [0.29, 0.717) is 4.68 Å². The van der Waals surface area contributed by atoms with E-state index in [9.17, 15) is 22.8 Å². The maximum absolute atomic E-state index is 12.7. The van der Waals surface area contributed by atoms with Crippen LogP contribution in [-0.4, -0.2) is 39.3 Å². The molecule has 1 aromatic heterocycles. The van der Waals surface area contributed by atoms with E-state index in [0.717, 1.165) is 0 Å². The van der Waals surface area contributed by atoms with Crippen LogP contribution in [-0.2, 0) is 15.7 Å². The molecule has 0 unspecified atom stereocenters. The van der Waals surface area contributed by atoms with E-state index in [4.69, 9.17) is 4.74 Å². The summed E-state index contributed by atoms with van der Waals surface area (Å²) in [6.45, 7) is 5.10. The number of carbonyl (C=O) groups is 2. The number of anilines is 1. The highest BCUT2D eigenvalue weighted by molar-refractivity contribution is 6.02. The molecule has 2 rings (SSSR count). The number of hydrogen-bond acceptors (Lipinski definition) is 6. The summed E-state index contributed by atoms with van der Waals surface area (Å²) >= 11 is 0. The molecule has 2 atom stereocenters. The number of halogens is 3. The first-order valence-corrected chi connectivity index (χ1v) is 6.68. The number of esters is 1. The van der Waals surface area contributed by atoms with E-state index >= 15 is 0 Å². The minimum absolute atomic E-state index is 0.0610. The SMILES string of the molecule is CCOC(=O)[C@H]1C(=O)n2nc(C(F)(F)F)nc2N[C@H]1C(C)C. The van der Waals surface area contributed by atoms with Crippen LogP contribution in [0.1, 0.15) is 31.4 Å². The van der Waals surface area contributed by atoms with Crippen molar-refractivity contribution in [3.63, 3.8) is 0 Å².